The zero-order valence-corrected chi connectivity index (χ0v) is 18.8. The molecular weight excluding hydrogens is 380 g/mol. The first-order chi connectivity index (χ1) is 13.7. The molecule has 0 fully saturated rings. The van der Waals surface area contributed by atoms with Crippen LogP contribution in [0, 0.1) is 28.6 Å². The fraction of sp³-hybridized carbons (Fsp3) is 0.500. The molecule has 1 aliphatic rings. The number of nitrogens with one attached hydrogen (secondary N) is 1. The van der Waals surface area contributed by atoms with Gasteiger partial charge < -0.3 is 10.1 Å². The summed E-state index contributed by atoms with van der Waals surface area (Å²) in [5, 5.41) is 13.4. The summed E-state index contributed by atoms with van der Waals surface area (Å²) in [6.07, 6.45) is 2.98. The lowest BCUT2D eigenvalue weighted by molar-refractivity contribution is 0.102. The molecule has 1 aliphatic carbocycles. The normalized spacial score (nSPS) is 16.2. The number of rotatable bonds is 5. The van der Waals surface area contributed by atoms with Gasteiger partial charge in [0.25, 0.3) is 5.91 Å². The predicted octanol–water partition coefficient (Wildman–Crippen LogP) is 6.06. The minimum absolute atomic E-state index is 0.192. The highest BCUT2D eigenvalue weighted by Crippen LogP contribution is 2.44. The summed E-state index contributed by atoms with van der Waals surface area (Å²) in [6, 6.07) is 9.49. The van der Waals surface area contributed by atoms with Crippen LogP contribution in [0.3, 0.4) is 0 Å². The maximum absolute atomic E-state index is 12.7. The molecule has 154 valence electrons. The number of fused-ring (bicyclic) bond motifs is 1. The highest BCUT2D eigenvalue weighted by atomic mass is 32.1. The van der Waals surface area contributed by atoms with Crippen molar-refractivity contribution >= 4 is 22.2 Å². The minimum atomic E-state index is -0.192. The van der Waals surface area contributed by atoms with Crippen molar-refractivity contribution in [3.8, 4) is 11.8 Å². The molecule has 5 heteroatoms. The third-order valence-electron chi connectivity index (χ3n) is 5.53. The fourth-order valence-corrected chi connectivity index (χ4v) is 4.95. The van der Waals surface area contributed by atoms with Crippen LogP contribution in [0.1, 0.15) is 67.4 Å². The standard InChI is InChI=1S/C24H30N2O2S/c1-15(2)14-28-18-9-6-16(7-10-18)22(27)26-23-20(13-25)19-11-8-17(24(3,4)5)12-21(19)29-23/h6-7,9-10,15,17H,8,11-12,14H2,1-5H3,(H,26,27)/t17-/m1/s1. The molecule has 0 radical (unpaired) electrons. The lowest BCUT2D eigenvalue weighted by Gasteiger charge is -2.33. The Morgan fingerprint density at radius 1 is 1.31 bits per heavy atom. The second-order valence-electron chi connectivity index (χ2n) is 9.31. The van der Waals surface area contributed by atoms with Crippen molar-refractivity contribution < 1.29 is 9.53 Å². The van der Waals surface area contributed by atoms with Crippen LogP contribution in [0.5, 0.6) is 5.75 Å². The van der Waals surface area contributed by atoms with E-state index < -0.39 is 0 Å². The Kier molecular flexibility index (Phi) is 6.33. The van der Waals surface area contributed by atoms with Gasteiger partial charge in [0.05, 0.1) is 12.2 Å². The Balaban J connectivity index is 1.74. The van der Waals surface area contributed by atoms with E-state index in [9.17, 15) is 10.1 Å². The van der Waals surface area contributed by atoms with E-state index in [-0.39, 0.29) is 11.3 Å². The smallest absolute Gasteiger partial charge is 0.256 e. The van der Waals surface area contributed by atoms with E-state index in [1.165, 1.54) is 4.88 Å². The number of carbonyl (C=O) groups excluding carboxylic acids is 1. The fourth-order valence-electron chi connectivity index (χ4n) is 3.67. The summed E-state index contributed by atoms with van der Waals surface area (Å²) in [7, 11) is 0. The summed E-state index contributed by atoms with van der Waals surface area (Å²) in [5.74, 6) is 1.61. The van der Waals surface area contributed by atoms with E-state index in [0.29, 0.717) is 34.6 Å². The molecule has 0 saturated carbocycles. The first kappa shape index (κ1) is 21.4. The van der Waals surface area contributed by atoms with Crippen LogP contribution in [0.4, 0.5) is 5.00 Å². The number of hydrogen-bond donors (Lipinski definition) is 1. The molecule has 0 unspecified atom stereocenters. The van der Waals surface area contributed by atoms with E-state index in [4.69, 9.17) is 4.74 Å². The molecule has 3 rings (SSSR count). The van der Waals surface area contributed by atoms with Gasteiger partial charge in [-0.1, -0.05) is 34.6 Å². The van der Waals surface area contributed by atoms with Crippen molar-refractivity contribution in [3.05, 3.63) is 45.8 Å². The van der Waals surface area contributed by atoms with Crippen LogP contribution in [0.2, 0.25) is 0 Å². The Morgan fingerprint density at radius 3 is 2.59 bits per heavy atom. The largest absolute Gasteiger partial charge is 0.493 e. The Bertz CT molecular complexity index is 914. The van der Waals surface area contributed by atoms with Gasteiger partial charge in [0.2, 0.25) is 0 Å². The number of anilines is 1. The summed E-state index contributed by atoms with van der Waals surface area (Å²) in [5.41, 5.74) is 2.58. The quantitative estimate of drug-likeness (QED) is 0.652. The van der Waals surface area contributed by atoms with Crippen LogP contribution in [-0.4, -0.2) is 12.5 Å². The van der Waals surface area contributed by atoms with Crippen LogP contribution in [-0.2, 0) is 12.8 Å². The van der Waals surface area contributed by atoms with Gasteiger partial charge >= 0.3 is 0 Å². The predicted molar refractivity (Wildman–Crippen MR) is 119 cm³/mol. The van der Waals surface area contributed by atoms with Gasteiger partial charge in [-0.05, 0) is 66.3 Å². The number of nitrogens with zero attached hydrogens (tertiary/aromatic N) is 1. The van der Waals surface area contributed by atoms with Gasteiger partial charge in [-0.25, -0.2) is 0 Å². The molecule has 1 atom stereocenters. The number of carbonyl (C=O) groups is 1. The van der Waals surface area contributed by atoms with Gasteiger partial charge in [-0.3, -0.25) is 4.79 Å². The van der Waals surface area contributed by atoms with Crippen molar-refractivity contribution in [2.75, 3.05) is 11.9 Å². The van der Waals surface area contributed by atoms with E-state index in [0.717, 1.165) is 30.6 Å². The lowest BCUT2D eigenvalue weighted by Crippen LogP contribution is -2.26. The monoisotopic (exact) mass is 410 g/mol. The van der Waals surface area contributed by atoms with Crippen molar-refractivity contribution in [1.29, 1.82) is 5.26 Å². The lowest BCUT2D eigenvalue weighted by atomic mass is 9.72. The van der Waals surface area contributed by atoms with Crippen molar-refractivity contribution in [3.63, 3.8) is 0 Å². The molecular formula is C24H30N2O2S. The van der Waals surface area contributed by atoms with Crippen molar-refractivity contribution in [1.82, 2.24) is 0 Å². The van der Waals surface area contributed by atoms with Gasteiger partial charge in [0.1, 0.15) is 16.8 Å². The minimum Gasteiger partial charge on any atom is -0.493 e. The average Bonchev–Trinajstić information content (AvgIpc) is 3.02. The second-order valence-corrected chi connectivity index (χ2v) is 10.4. The molecule has 1 amide bonds. The Labute approximate surface area is 177 Å². The van der Waals surface area contributed by atoms with E-state index in [2.05, 4.69) is 46.0 Å². The van der Waals surface area contributed by atoms with Crippen LogP contribution in [0.25, 0.3) is 0 Å². The number of nitriles is 1. The number of benzene rings is 1. The first-order valence-electron chi connectivity index (χ1n) is 10.3. The van der Waals surface area contributed by atoms with Crippen LogP contribution in [0.15, 0.2) is 24.3 Å². The molecule has 4 nitrogen and oxygen atoms in total. The highest BCUT2D eigenvalue weighted by Gasteiger charge is 2.32. The van der Waals surface area contributed by atoms with Gasteiger partial charge in [-0.15, -0.1) is 11.3 Å². The van der Waals surface area contributed by atoms with E-state index in [1.807, 2.05) is 12.1 Å². The third kappa shape index (κ3) is 5.00. The molecule has 0 aliphatic heterocycles. The molecule has 0 bridgehead atoms. The maximum Gasteiger partial charge on any atom is 0.256 e. The SMILES string of the molecule is CC(C)COc1ccc(C(=O)Nc2sc3c(c2C#N)CC[C@@H](C(C)(C)C)C3)cc1. The van der Waals surface area contributed by atoms with Crippen molar-refractivity contribution in [2.24, 2.45) is 17.3 Å². The topological polar surface area (TPSA) is 62.1 Å². The average molecular weight is 411 g/mol. The summed E-state index contributed by atoms with van der Waals surface area (Å²) in [6.45, 7) is 11.7. The zero-order valence-electron chi connectivity index (χ0n) is 18.0. The summed E-state index contributed by atoms with van der Waals surface area (Å²) in [4.78, 5) is 14.0. The Morgan fingerprint density at radius 2 is 2.00 bits per heavy atom. The van der Waals surface area contributed by atoms with Gasteiger partial charge in [0, 0.05) is 10.4 Å². The van der Waals surface area contributed by atoms with Gasteiger partial charge in [0.15, 0.2) is 0 Å². The molecule has 1 aromatic carbocycles. The molecule has 1 heterocycles. The highest BCUT2D eigenvalue weighted by molar-refractivity contribution is 7.16. The zero-order chi connectivity index (χ0) is 21.2. The first-order valence-corrected chi connectivity index (χ1v) is 11.1. The summed E-state index contributed by atoms with van der Waals surface area (Å²) < 4.78 is 5.68. The van der Waals surface area contributed by atoms with Gasteiger partial charge in [-0.2, -0.15) is 5.26 Å². The number of ether oxygens (including phenoxy) is 1. The molecule has 1 N–H and O–H groups in total. The Hall–Kier alpha value is -2.32. The van der Waals surface area contributed by atoms with Crippen molar-refractivity contribution in [2.45, 2.75) is 53.9 Å². The second kappa shape index (κ2) is 8.59. The third-order valence-corrected chi connectivity index (χ3v) is 6.70. The van der Waals surface area contributed by atoms with E-state index >= 15 is 0 Å². The summed E-state index contributed by atoms with van der Waals surface area (Å²) >= 11 is 1.56. The van der Waals surface area contributed by atoms with E-state index in [1.54, 1.807) is 23.5 Å². The molecule has 1 aromatic heterocycles. The van der Waals surface area contributed by atoms with Crippen LogP contribution < -0.4 is 10.1 Å². The molecule has 0 saturated heterocycles. The number of hydrogen-bond acceptors (Lipinski definition) is 4. The molecule has 0 spiro atoms. The number of thiophene rings is 1. The molecule has 29 heavy (non-hydrogen) atoms. The molecule has 2 aromatic rings. The number of amides is 1. The van der Waals surface area contributed by atoms with Crippen LogP contribution >= 0.6 is 11.3 Å². The maximum atomic E-state index is 12.7.